The van der Waals surface area contributed by atoms with E-state index in [0.29, 0.717) is 6.04 Å². The number of rotatable bonds is 5. The van der Waals surface area contributed by atoms with Gasteiger partial charge < -0.3 is 15.1 Å². The van der Waals surface area contributed by atoms with Crippen molar-refractivity contribution in [2.75, 3.05) is 38.1 Å². The highest BCUT2D eigenvalue weighted by Crippen LogP contribution is 2.43. The average molecular weight is 329 g/mol. The number of likely N-dealkylation sites (N-methyl/N-ethyl adjacent to an activating group) is 1. The number of aromatic nitrogens is 2. The highest BCUT2D eigenvalue weighted by Gasteiger charge is 2.34. The third-order valence-corrected chi connectivity index (χ3v) is 6.08. The lowest BCUT2D eigenvalue weighted by Crippen LogP contribution is -2.45. The molecular weight excluding hydrogens is 298 g/mol. The van der Waals surface area contributed by atoms with Crippen LogP contribution in [0.15, 0.2) is 12.4 Å². The second-order valence-corrected chi connectivity index (χ2v) is 8.02. The SMILES string of the molecule is CN1CCN(c2ncc(CN[C@@H]3CCC[C@H](C4CC4)C3)cn2)CC1. The van der Waals surface area contributed by atoms with E-state index in [-0.39, 0.29) is 0 Å². The molecule has 0 spiro atoms. The van der Waals surface area contributed by atoms with E-state index < -0.39 is 0 Å². The van der Waals surface area contributed by atoms with E-state index in [0.717, 1.165) is 50.5 Å². The van der Waals surface area contributed by atoms with Gasteiger partial charge in [0.25, 0.3) is 0 Å². The molecule has 1 saturated heterocycles. The molecule has 0 aromatic carbocycles. The second-order valence-electron chi connectivity index (χ2n) is 8.02. The van der Waals surface area contributed by atoms with E-state index in [9.17, 15) is 0 Å². The molecule has 3 fully saturated rings. The molecule has 0 radical (unpaired) electrons. The number of piperazine rings is 1. The van der Waals surface area contributed by atoms with E-state index in [1.807, 2.05) is 12.4 Å². The number of hydrogen-bond acceptors (Lipinski definition) is 5. The molecule has 24 heavy (non-hydrogen) atoms. The molecule has 0 unspecified atom stereocenters. The van der Waals surface area contributed by atoms with Crippen molar-refractivity contribution < 1.29 is 0 Å². The summed E-state index contributed by atoms with van der Waals surface area (Å²) in [6.07, 6.45) is 12.6. The van der Waals surface area contributed by atoms with Crippen molar-refractivity contribution in [3.05, 3.63) is 18.0 Å². The molecule has 5 nitrogen and oxygen atoms in total. The van der Waals surface area contributed by atoms with Gasteiger partial charge in [-0.15, -0.1) is 0 Å². The summed E-state index contributed by atoms with van der Waals surface area (Å²) in [5.74, 6) is 2.94. The molecular formula is C19H31N5. The van der Waals surface area contributed by atoms with Crippen molar-refractivity contribution in [2.24, 2.45) is 11.8 Å². The summed E-state index contributed by atoms with van der Waals surface area (Å²) in [7, 11) is 2.17. The Morgan fingerprint density at radius 3 is 2.46 bits per heavy atom. The molecule has 1 aromatic rings. The average Bonchev–Trinajstić information content (AvgIpc) is 3.47. The zero-order valence-corrected chi connectivity index (χ0v) is 15.0. The van der Waals surface area contributed by atoms with Crippen LogP contribution in [0.2, 0.25) is 0 Å². The zero-order chi connectivity index (χ0) is 16.4. The standard InChI is InChI=1S/C19H31N5/c1-23-7-9-24(10-8-23)19-21-13-15(14-22-19)12-20-18-4-2-3-17(11-18)16-5-6-16/h13-14,16-18,20H,2-12H2,1H3/t17-,18+/m0/s1. The fourth-order valence-electron chi connectivity index (χ4n) is 4.28. The normalized spacial score (nSPS) is 29.0. The van der Waals surface area contributed by atoms with E-state index in [2.05, 4.69) is 32.1 Å². The van der Waals surface area contributed by atoms with Gasteiger partial charge in [0.15, 0.2) is 0 Å². The van der Waals surface area contributed by atoms with Crippen molar-refractivity contribution in [1.29, 1.82) is 0 Å². The molecule has 1 N–H and O–H groups in total. The molecule has 2 atom stereocenters. The summed E-state index contributed by atoms with van der Waals surface area (Å²) in [4.78, 5) is 13.8. The molecule has 5 heteroatoms. The fourth-order valence-corrected chi connectivity index (χ4v) is 4.28. The lowest BCUT2D eigenvalue weighted by atomic mass is 9.82. The first-order chi connectivity index (χ1) is 11.8. The number of anilines is 1. The molecule has 1 aromatic heterocycles. The smallest absolute Gasteiger partial charge is 0.225 e. The quantitative estimate of drug-likeness (QED) is 0.898. The highest BCUT2D eigenvalue weighted by molar-refractivity contribution is 5.30. The van der Waals surface area contributed by atoms with Gasteiger partial charge in [-0.25, -0.2) is 9.97 Å². The van der Waals surface area contributed by atoms with Gasteiger partial charge in [-0.3, -0.25) is 0 Å². The summed E-state index contributed by atoms with van der Waals surface area (Å²) in [5.41, 5.74) is 1.21. The summed E-state index contributed by atoms with van der Waals surface area (Å²) < 4.78 is 0. The Balaban J connectivity index is 1.26. The molecule has 2 heterocycles. The first-order valence-electron chi connectivity index (χ1n) is 9.76. The van der Waals surface area contributed by atoms with Crippen LogP contribution in [-0.2, 0) is 6.54 Å². The van der Waals surface area contributed by atoms with E-state index in [4.69, 9.17) is 0 Å². The minimum Gasteiger partial charge on any atom is -0.338 e. The van der Waals surface area contributed by atoms with E-state index >= 15 is 0 Å². The summed E-state index contributed by atoms with van der Waals surface area (Å²) in [6, 6.07) is 0.696. The Morgan fingerprint density at radius 2 is 1.75 bits per heavy atom. The van der Waals surface area contributed by atoms with Crippen molar-refractivity contribution in [1.82, 2.24) is 20.2 Å². The summed E-state index contributed by atoms with van der Waals surface area (Å²) in [6.45, 7) is 5.15. The number of nitrogens with zero attached hydrogens (tertiary/aromatic N) is 4. The van der Waals surface area contributed by atoms with Gasteiger partial charge in [0.05, 0.1) is 0 Å². The first-order valence-corrected chi connectivity index (χ1v) is 9.76. The van der Waals surface area contributed by atoms with E-state index in [1.54, 1.807) is 0 Å². The predicted molar refractivity (Wildman–Crippen MR) is 97.1 cm³/mol. The van der Waals surface area contributed by atoms with Gasteiger partial charge in [-0.2, -0.15) is 0 Å². The van der Waals surface area contributed by atoms with Crippen LogP contribution >= 0.6 is 0 Å². The predicted octanol–water partition coefficient (Wildman–Crippen LogP) is 2.29. The Bertz CT molecular complexity index is 519. The maximum Gasteiger partial charge on any atom is 0.225 e. The Labute approximate surface area is 145 Å². The monoisotopic (exact) mass is 329 g/mol. The molecule has 132 valence electrons. The maximum atomic E-state index is 4.60. The van der Waals surface area contributed by atoms with Gasteiger partial charge in [0.1, 0.15) is 0 Å². The summed E-state index contributed by atoms with van der Waals surface area (Å²) >= 11 is 0. The van der Waals surface area contributed by atoms with Gasteiger partial charge in [0.2, 0.25) is 5.95 Å². The Kier molecular flexibility index (Phi) is 4.99. The fraction of sp³-hybridized carbons (Fsp3) is 0.789. The molecule has 4 rings (SSSR count). The van der Waals surface area contributed by atoms with Crippen molar-refractivity contribution in [2.45, 2.75) is 51.1 Å². The molecule has 3 aliphatic rings. The Hall–Kier alpha value is -1.20. The topological polar surface area (TPSA) is 44.3 Å². The minimum absolute atomic E-state index is 0.696. The van der Waals surface area contributed by atoms with Gasteiger partial charge in [-0.05, 0) is 44.6 Å². The minimum atomic E-state index is 0.696. The second kappa shape index (κ2) is 7.36. The molecule has 2 saturated carbocycles. The highest BCUT2D eigenvalue weighted by atomic mass is 15.3. The van der Waals surface area contributed by atoms with Crippen LogP contribution in [0.25, 0.3) is 0 Å². The first kappa shape index (κ1) is 16.3. The third-order valence-electron chi connectivity index (χ3n) is 6.08. The Morgan fingerprint density at radius 1 is 1.00 bits per heavy atom. The van der Waals surface area contributed by atoms with Crippen LogP contribution in [0, 0.1) is 11.8 Å². The van der Waals surface area contributed by atoms with Crippen LogP contribution < -0.4 is 10.2 Å². The van der Waals surface area contributed by atoms with Crippen LogP contribution in [-0.4, -0.2) is 54.1 Å². The number of nitrogens with one attached hydrogen (secondary N) is 1. The molecule has 0 bridgehead atoms. The largest absolute Gasteiger partial charge is 0.338 e. The van der Waals surface area contributed by atoms with Crippen LogP contribution in [0.4, 0.5) is 5.95 Å². The van der Waals surface area contributed by atoms with Gasteiger partial charge in [0, 0.05) is 56.7 Å². The summed E-state index contributed by atoms with van der Waals surface area (Å²) in [5, 5.41) is 3.76. The molecule has 2 aliphatic carbocycles. The van der Waals surface area contributed by atoms with Crippen LogP contribution in [0.5, 0.6) is 0 Å². The number of hydrogen-bond donors (Lipinski definition) is 1. The van der Waals surface area contributed by atoms with Crippen molar-refractivity contribution >= 4 is 5.95 Å². The van der Waals surface area contributed by atoms with Crippen molar-refractivity contribution in [3.63, 3.8) is 0 Å². The zero-order valence-electron chi connectivity index (χ0n) is 15.0. The lowest BCUT2D eigenvalue weighted by molar-refractivity contribution is 0.260. The third kappa shape index (κ3) is 4.06. The lowest BCUT2D eigenvalue weighted by Gasteiger charge is -2.32. The molecule has 1 aliphatic heterocycles. The van der Waals surface area contributed by atoms with Gasteiger partial charge in [-0.1, -0.05) is 12.8 Å². The molecule has 0 amide bonds. The van der Waals surface area contributed by atoms with Crippen molar-refractivity contribution in [3.8, 4) is 0 Å². The van der Waals surface area contributed by atoms with E-state index in [1.165, 1.54) is 44.1 Å². The van der Waals surface area contributed by atoms with Crippen LogP contribution in [0.3, 0.4) is 0 Å². The maximum absolute atomic E-state index is 4.60. The van der Waals surface area contributed by atoms with Gasteiger partial charge >= 0.3 is 0 Å². The van der Waals surface area contributed by atoms with Crippen LogP contribution in [0.1, 0.15) is 44.1 Å².